The standard InChI is InChI=1S/C16H16ClN3O3S3/c1-10-2-7-13(14(8-10)26(21,22)23)18-16-20-19-15(25-16)9-24-12-5-3-11(17)4-6-12/h2-8,16,18,20H,9H2,1H3,(H,21,22,23)/p-1. The average molecular weight is 429 g/mol. The normalized spacial score (nSPS) is 16.9. The minimum Gasteiger partial charge on any atom is -0.744 e. The fourth-order valence-corrected chi connectivity index (χ4v) is 4.87. The Morgan fingerprint density at radius 3 is 2.73 bits per heavy atom. The molecule has 3 rings (SSSR count). The summed E-state index contributed by atoms with van der Waals surface area (Å²) in [5.41, 5.74) is 3.52. The summed E-state index contributed by atoms with van der Waals surface area (Å²) in [7, 11) is -4.56. The van der Waals surface area contributed by atoms with Crippen LogP contribution in [0.2, 0.25) is 5.02 Å². The number of rotatable bonds is 6. The van der Waals surface area contributed by atoms with Crippen LogP contribution in [-0.4, -0.2) is 29.3 Å². The van der Waals surface area contributed by atoms with Crippen molar-refractivity contribution in [3.63, 3.8) is 0 Å². The first kappa shape index (κ1) is 19.4. The first-order chi connectivity index (χ1) is 12.3. The molecule has 2 aromatic carbocycles. The monoisotopic (exact) mass is 428 g/mol. The number of nitrogens with one attached hydrogen (secondary N) is 2. The van der Waals surface area contributed by atoms with E-state index in [2.05, 4.69) is 15.8 Å². The maximum atomic E-state index is 11.5. The van der Waals surface area contributed by atoms with Crippen LogP contribution in [0.5, 0.6) is 0 Å². The third-order valence-electron chi connectivity index (χ3n) is 3.43. The van der Waals surface area contributed by atoms with Gasteiger partial charge in [-0.25, -0.2) is 8.42 Å². The van der Waals surface area contributed by atoms with Crippen LogP contribution in [0.15, 0.2) is 57.4 Å². The zero-order valence-corrected chi connectivity index (χ0v) is 16.8. The lowest BCUT2D eigenvalue weighted by atomic mass is 10.2. The third-order valence-corrected chi connectivity index (χ3v) is 6.73. The molecule has 1 aliphatic rings. The molecular weight excluding hydrogens is 414 g/mol. The van der Waals surface area contributed by atoms with E-state index in [1.165, 1.54) is 17.8 Å². The number of halogens is 1. The number of thioether (sulfide) groups is 2. The summed E-state index contributed by atoms with van der Waals surface area (Å²) in [5.74, 6) is 0.665. The number of hydrazone groups is 1. The van der Waals surface area contributed by atoms with Crippen LogP contribution in [0.25, 0.3) is 0 Å². The molecule has 10 heteroatoms. The van der Waals surface area contributed by atoms with Gasteiger partial charge in [0, 0.05) is 15.7 Å². The van der Waals surface area contributed by atoms with Crippen LogP contribution in [0.4, 0.5) is 5.69 Å². The lowest BCUT2D eigenvalue weighted by Gasteiger charge is -2.18. The lowest BCUT2D eigenvalue weighted by molar-refractivity contribution is 0.463. The van der Waals surface area contributed by atoms with Gasteiger partial charge in [-0.2, -0.15) is 5.10 Å². The zero-order chi connectivity index (χ0) is 18.7. The van der Waals surface area contributed by atoms with Crippen molar-refractivity contribution in [2.45, 2.75) is 22.2 Å². The zero-order valence-electron chi connectivity index (χ0n) is 13.6. The Morgan fingerprint density at radius 2 is 2.04 bits per heavy atom. The highest BCUT2D eigenvalue weighted by molar-refractivity contribution is 8.16. The summed E-state index contributed by atoms with van der Waals surface area (Å²) in [4.78, 5) is 0.816. The van der Waals surface area contributed by atoms with Crippen molar-refractivity contribution in [3.05, 3.63) is 53.1 Å². The molecule has 0 aliphatic carbocycles. The van der Waals surface area contributed by atoms with E-state index in [1.54, 1.807) is 30.8 Å². The molecule has 6 nitrogen and oxygen atoms in total. The second-order valence-electron chi connectivity index (χ2n) is 5.47. The van der Waals surface area contributed by atoms with E-state index in [9.17, 15) is 13.0 Å². The van der Waals surface area contributed by atoms with Gasteiger partial charge in [0.1, 0.15) is 15.2 Å². The SMILES string of the molecule is Cc1ccc(NC2NN=C(CSc3ccc(Cl)cc3)S2)c(S(=O)(=O)[O-])c1. The molecule has 0 bridgehead atoms. The van der Waals surface area contributed by atoms with E-state index < -0.39 is 10.1 Å². The smallest absolute Gasteiger partial charge is 0.166 e. The highest BCUT2D eigenvalue weighted by Crippen LogP contribution is 2.29. The van der Waals surface area contributed by atoms with Gasteiger partial charge in [0.05, 0.1) is 10.6 Å². The number of hydrogen-bond donors (Lipinski definition) is 2. The molecule has 138 valence electrons. The Morgan fingerprint density at radius 1 is 1.31 bits per heavy atom. The Labute approximate surface area is 165 Å². The summed E-state index contributed by atoms with van der Waals surface area (Å²) in [6, 6.07) is 12.2. The van der Waals surface area contributed by atoms with Crippen LogP contribution in [0, 0.1) is 6.92 Å². The van der Waals surface area contributed by atoms with E-state index in [0.29, 0.717) is 16.3 Å². The van der Waals surface area contributed by atoms with Gasteiger partial charge in [-0.05, 0) is 48.9 Å². The fraction of sp³-hybridized carbons (Fsp3) is 0.188. The van der Waals surface area contributed by atoms with Gasteiger partial charge in [-0.3, -0.25) is 5.43 Å². The first-order valence-electron chi connectivity index (χ1n) is 7.51. The molecule has 0 saturated carbocycles. The van der Waals surface area contributed by atoms with Gasteiger partial charge in [-0.15, -0.1) is 11.8 Å². The van der Waals surface area contributed by atoms with Gasteiger partial charge in [0.15, 0.2) is 5.50 Å². The molecule has 0 amide bonds. The van der Waals surface area contributed by atoms with Crippen molar-refractivity contribution in [2.75, 3.05) is 11.1 Å². The van der Waals surface area contributed by atoms with E-state index in [4.69, 9.17) is 11.6 Å². The first-order valence-corrected chi connectivity index (χ1v) is 11.2. The molecule has 2 aromatic rings. The number of anilines is 1. The molecule has 0 saturated heterocycles. The van der Waals surface area contributed by atoms with Gasteiger partial charge in [0.25, 0.3) is 0 Å². The van der Waals surface area contributed by atoms with E-state index in [-0.39, 0.29) is 16.1 Å². The van der Waals surface area contributed by atoms with Gasteiger partial charge < -0.3 is 9.87 Å². The van der Waals surface area contributed by atoms with Crippen LogP contribution in [-0.2, 0) is 10.1 Å². The van der Waals surface area contributed by atoms with Crippen LogP contribution in [0.3, 0.4) is 0 Å². The largest absolute Gasteiger partial charge is 0.744 e. The predicted octanol–water partition coefficient (Wildman–Crippen LogP) is 3.69. The van der Waals surface area contributed by atoms with Crippen molar-refractivity contribution in [2.24, 2.45) is 5.10 Å². The molecule has 0 fully saturated rings. The maximum absolute atomic E-state index is 11.5. The van der Waals surface area contributed by atoms with E-state index in [0.717, 1.165) is 9.94 Å². The molecule has 0 radical (unpaired) electrons. The number of benzene rings is 2. The second-order valence-corrected chi connectivity index (χ2v) is 9.48. The van der Waals surface area contributed by atoms with Crippen molar-refractivity contribution < 1.29 is 13.0 Å². The van der Waals surface area contributed by atoms with Crippen LogP contribution in [0.1, 0.15) is 5.56 Å². The van der Waals surface area contributed by atoms with Gasteiger partial charge in [-0.1, -0.05) is 29.4 Å². The molecule has 1 heterocycles. The van der Waals surface area contributed by atoms with Gasteiger partial charge >= 0.3 is 0 Å². The quantitative estimate of drug-likeness (QED) is 0.535. The number of hydrogen-bond acceptors (Lipinski definition) is 8. The van der Waals surface area contributed by atoms with Crippen molar-refractivity contribution in [3.8, 4) is 0 Å². The minimum atomic E-state index is -4.56. The molecular formula is C16H15ClN3O3S3-. The summed E-state index contributed by atoms with van der Waals surface area (Å²) >= 11 is 8.92. The molecule has 0 spiro atoms. The van der Waals surface area contributed by atoms with Crippen LogP contribution >= 0.6 is 35.1 Å². The fourth-order valence-electron chi connectivity index (χ4n) is 2.22. The summed E-state index contributed by atoms with van der Waals surface area (Å²) in [6.07, 6.45) is 0. The molecule has 2 N–H and O–H groups in total. The van der Waals surface area contributed by atoms with Crippen LogP contribution < -0.4 is 10.7 Å². The highest BCUT2D eigenvalue weighted by Gasteiger charge is 2.21. The Hall–Kier alpha value is -1.39. The minimum absolute atomic E-state index is 0.260. The topological polar surface area (TPSA) is 93.6 Å². The maximum Gasteiger partial charge on any atom is 0.166 e. The third kappa shape index (κ3) is 5.08. The average Bonchev–Trinajstić information content (AvgIpc) is 3.02. The summed E-state index contributed by atoms with van der Waals surface area (Å²) in [5, 5.41) is 8.81. The Bertz CT molecular complexity index is 934. The van der Waals surface area contributed by atoms with Crippen molar-refractivity contribution in [1.29, 1.82) is 0 Å². The summed E-state index contributed by atoms with van der Waals surface area (Å²) in [6.45, 7) is 1.73. The lowest BCUT2D eigenvalue weighted by Crippen LogP contribution is -2.26. The van der Waals surface area contributed by atoms with Gasteiger partial charge in [0.2, 0.25) is 0 Å². The van der Waals surface area contributed by atoms with Crippen molar-refractivity contribution >= 4 is 56.0 Å². The highest BCUT2D eigenvalue weighted by atomic mass is 35.5. The number of aryl methyl sites for hydroxylation is 1. The molecule has 26 heavy (non-hydrogen) atoms. The van der Waals surface area contributed by atoms with Crippen molar-refractivity contribution in [1.82, 2.24) is 5.43 Å². The Kier molecular flexibility index (Phi) is 6.03. The molecule has 1 atom stereocenters. The molecule has 1 unspecified atom stereocenters. The van der Waals surface area contributed by atoms with E-state index >= 15 is 0 Å². The number of nitrogens with zero attached hydrogens (tertiary/aromatic N) is 1. The second kappa shape index (κ2) is 8.10. The summed E-state index contributed by atoms with van der Waals surface area (Å²) < 4.78 is 34.4. The predicted molar refractivity (Wildman–Crippen MR) is 107 cm³/mol. The molecule has 0 aromatic heterocycles. The molecule has 1 aliphatic heterocycles. The van der Waals surface area contributed by atoms with E-state index in [1.807, 2.05) is 24.3 Å². The Balaban J connectivity index is 1.60.